The smallest absolute Gasteiger partial charge is 0.331 e. The summed E-state index contributed by atoms with van der Waals surface area (Å²) in [6, 6.07) is 14.6. The number of carbonyl (C=O) groups is 2. The Morgan fingerprint density at radius 3 is 2.64 bits per heavy atom. The first-order valence-corrected chi connectivity index (χ1v) is 8.32. The van der Waals surface area contributed by atoms with E-state index in [-0.39, 0.29) is 18.4 Å². The molecule has 25 heavy (non-hydrogen) atoms. The first kappa shape index (κ1) is 18.7. The van der Waals surface area contributed by atoms with Gasteiger partial charge in [0, 0.05) is 16.8 Å². The standard InChI is InChI=1S/C20H20ClNO3/c1-14(2)17-8-3-4-9-18(17)22-19(23)13-25-20(24)11-10-15-6-5-7-16(21)12-15/h3-12,14H,13H2,1-2H3,(H,22,23). The summed E-state index contributed by atoms with van der Waals surface area (Å²) in [5.74, 6) is -0.690. The van der Waals surface area contributed by atoms with Gasteiger partial charge < -0.3 is 10.1 Å². The summed E-state index contributed by atoms with van der Waals surface area (Å²) in [6.45, 7) is 3.75. The summed E-state index contributed by atoms with van der Waals surface area (Å²) in [5.41, 5.74) is 2.54. The van der Waals surface area contributed by atoms with E-state index in [0.29, 0.717) is 5.02 Å². The summed E-state index contributed by atoms with van der Waals surface area (Å²) >= 11 is 5.87. The van der Waals surface area contributed by atoms with Gasteiger partial charge in [0.2, 0.25) is 0 Å². The van der Waals surface area contributed by atoms with Crippen LogP contribution in [0, 0.1) is 0 Å². The maximum atomic E-state index is 12.0. The number of carbonyl (C=O) groups excluding carboxylic acids is 2. The van der Waals surface area contributed by atoms with E-state index in [1.807, 2.05) is 44.2 Å². The molecule has 0 aromatic heterocycles. The van der Waals surface area contributed by atoms with E-state index in [9.17, 15) is 9.59 Å². The van der Waals surface area contributed by atoms with Gasteiger partial charge in [-0.1, -0.05) is 55.8 Å². The summed E-state index contributed by atoms with van der Waals surface area (Å²) in [7, 11) is 0. The Kier molecular flexibility index (Phi) is 6.78. The fourth-order valence-corrected chi connectivity index (χ4v) is 2.46. The predicted octanol–water partition coefficient (Wildman–Crippen LogP) is 4.66. The molecule has 0 aliphatic rings. The summed E-state index contributed by atoms with van der Waals surface area (Å²) in [4.78, 5) is 23.7. The van der Waals surface area contributed by atoms with E-state index in [2.05, 4.69) is 5.32 Å². The van der Waals surface area contributed by atoms with Crippen LogP contribution in [-0.2, 0) is 14.3 Å². The van der Waals surface area contributed by atoms with Crippen LogP contribution < -0.4 is 5.32 Å². The number of esters is 1. The number of amides is 1. The second-order valence-electron chi connectivity index (χ2n) is 5.79. The molecule has 2 aromatic rings. The van der Waals surface area contributed by atoms with Crippen molar-refractivity contribution in [3.63, 3.8) is 0 Å². The minimum atomic E-state index is -0.590. The van der Waals surface area contributed by atoms with Crippen LogP contribution in [0.5, 0.6) is 0 Å². The second kappa shape index (κ2) is 9.04. The van der Waals surface area contributed by atoms with Crippen molar-refractivity contribution in [1.29, 1.82) is 0 Å². The van der Waals surface area contributed by atoms with Crippen LogP contribution in [-0.4, -0.2) is 18.5 Å². The molecule has 1 amide bonds. The average molecular weight is 358 g/mol. The van der Waals surface area contributed by atoms with Gasteiger partial charge in [-0.15, -0.1) is 0 Å². The molecule has 0 radical (unpaired) electrons. The van der Waals surface area contributed by atoms with Crippen molar-refractivity contribution in [2.24, 2.45) is 0 Å². The number of hydrogen-bond acceptors (Lipinski definition) is 3. The van der Waals surface area contributed by atoms with Crippen molar-refractivity contribution in [3.05, 3.63) is 70.8 Å². The number of ether oxygens (including phenoxy) is 1. The van der Waals surface area contributed by atoms with Gasteiger partial charge in [0.15, 0.2) is 6.61 Å². The topological polar surface area (TPSA) is 55.4 Å². The molecule has 2 rings (SSSR count). The Morgan fingerprint density at radius 2 is 1.92 bits per heavy atom. The fourth-order valence-electron chi connectivity index (χ4n) is 2.26. The van der Waals surface area contributed by atoms with Crippen LogP contribution in [0.15, 0.2) is 54.6 Å². The molecular formula is C20H20ClNO3. The van der Waals surface area contributed by atoms with Gasteiger partial charge in [-0.05, 0) is 41.3 Å². The molecule has 0 heterocycles. The van der Waals surface area contributed by atoms with E-state index in [1.165, 1.54) is 6.08 Å². The molecule has 0 atom stereocenters. The molecule has 0 spiro atoms. The lowest BCUT2D eigenvalue weighted by Crippen LogP contribution is -2.21. The number of hydrogen-bond donors (Lipinski definition) is 1. The summed E-state index contributed by atoms with van der Waals surface area (Å²) < 4.78 is 4.96. The number of rotatable bonds is 6. The lowest BCUT2D eigenvalue weighted by Gasteiger charge is -2.13. The predicted molar refractivity (Wildman–Crippen MR) is 101 cm³/mol. The van der Waals surface area contributed by atoms with Gasteiger partial charge in [0.1, 0.15) is 0 Å². The quantitative estimate of drug-likeness (QED) is 0.604. The Labute approximate surface area is 152 Å². The Hall–Kier alpha value is -2.59. The number of nitrogens with one attached hydrogen (secondary N) is 1. The molecule has 5 heteroatoms. The zero-order chi connectivity index (χ0) is 18.2. The molecule has 0 saturated heterocycles. The zero-order valence-electron chi connectivity index (χ0n) is 14.2. The Bertz CT molecular complexity index is 784. The van der Waals surface area contributed by atoms with Crippen molar-refractivity contribution < 1.29 is 14.3 Å². The highest BCUT2D eigenvalue weighted by molar-refractivity contribution is 6.30. The van der Waals surface area contributed by atoms with Crippen LogP contribution in [0.25, 0.3) is 6.08 Å². The minimum absolute atomic E-state index is 0.277. The molecule has 0 unspecified atom stereocenters. The Balaban J connectivity index is 1.87. The van der Waals surface area contributed by atoms with Crippen molar-refractivity contribution in [3.8, 4) is 0 Å². The molecule has 0 aliphatic heterocycles. The van der Waals surface area contributed by atoms with Gasteiger partial charge in [-0.2, -0.15) is 0 Å². The monoisotopic (exact) mass is 357 g/mol. The highest BCUT2D eigenvalue weighted by Gasteiger charge is 2.10. The van der Waals surface area contributed by atoms with Crippen molar-refractivity contribution in [2.45, 2.75) is 19.8 Å². The molecule has 0 aliphatic carbocycles. The summed E-state index contributed by atoms with van der Waals surface area (Å²) in [5, 5.41) is 3.35. The first-order valence-electron chi connectivity index (χ1n) is 7.95. The van der Waals surface area contributed by atoms with Gasteiger partial charge in [-0.3, -0.25) is 4.79 Å². The first-order chi connectivity index (χ1) is 12.0. The number of benzene rings is 2. The maximum Gasteiger partial charge on any atom is 0.331 e. The molecular weight excluding hydrogens is 338 g/mol. The van der Waals surface area contributed by atoms with E-state index in [4.69, 9.17) is 16.3 Å². The van der Waals surface area contributed by atoms with Gasteiger partial charge in [0.25, 0.3) is 5.91 Å². The number of anilines is 1. The van der Waals surface area contributed by atoms with E-state index >= 15 is 0 Å². The SMILES string of the molecule is CC(C)c1ccccc1NC(=O)COC(=O)C=Cc1cccc(Cl)c1. The molecule has 0 bridgehead atoms. The normalized spacial score (nSPS) is 10.9. The Morgan fingerprint density at radius 1 is 1.16 bits per heavy atom. The number of halogens is 1. The molecule has 0 saturated carbocycles. The van der Waals surface area contributed by atoms with Gasteiger partial charge in [0.05, 0.1) is 0 Å². The third kappa shape index (κ3) is 6.08. The summed E-state index contributed by atoms with van der Waals surface area (Å²) in [6.07, 6.45) is 2.85. The van der Waals surface area contributed by atoms with E-state index < -0.39 is 5.97 Å². The van der Waals surface area contributed by atoms with E-state index in [0.717, 1.165) is 16.8 Å². The fraction of sp³-hybridized carbons (Fsp3) is 0.200. The van der Waals surface area contributed by atoms with Crippen molar-refractivity contribution in [2.75, 3.05) is 11.9 Å². The molecule has 0 fully saturated rings. The lowest BCUT2D eigenvalue weighted by molar-refractivity contribution is -0.142. The highest BCUT2D eigenvalue weighted by Crippen LogP contribution is 2.23. The molecule has 2 aromatic carbocycles. The number of para-hydroxylation sites is 1. The maximum absolute atomic E-state index is 12.0. The van der Waals surface area contributed by atoms with Crippen LogP contribution in [0.4, 0.5) is 5.69 Å². The second-order valence-corrected chi connectivity index (χ2v) is 6.22. The van der Waals surface area contributed by atoms with Crippen LogP contribution in [0.3, 0.4) is 0 Å². The third-order valence-corrected chi connectivity index (χ3v) is 3.70. The molecule has 4 nitrogen and oxygen atoms in total. The van der Waals surface area contributed by atoms with E-state index in [1.54, 1.807) is 24.3 Å². The van der Waals surface area contributed by atoms with Gasteiger partial charge in [-0.25, -0.2) is 4.79 Å². The largest absolute Gasteiger partial charge is 0.452 e. The molecule has 130 valence electrons. The third-order valence-electron chi connectivity index (χ3n) is 3.46. The van der Waals surface area contributed by atoms with Crippen molar-refractivity contribution >= 4 is 35.2 Å². The van der Waals surface area contributed by atoms with Crippen LogP contribution in [0.2, 0.25) is 5.02 Å². The van der Waals surface area contributed by atoms with Crippen molar-refractivity contribution in [1.82, 2.24) is 0 Å². The van der Waals surface area contributed by atoms with Crippen LogP contribution >= 0.6 is 11.6 Å². The van der Waals surface area contributed by atoms with Gasteiger partial charge >= 0.3 is 5.97 Å². The van der Waals surface area contributed by atoms with Crippen LogP contribution in [0.1, 0.15) is 30.9 Å². The minimum Gasteiger partial charge on any atom is -0.452 e. The highest BCUT2D eigenvalue weighted by atomic mass is 35.5. The lowest BCUT2D eigenvalue weighted by atomic mass is 10.0. The molecule has 1 N–H and O–H groups in total. The average Bonchev–Trinajstić information content (AvgIpc) is 2.58. The zero-order valence-corrected chi connectivity index (χ0v) is 14.9.